The van der Waals surface area contributed by atoms with Crippen molar-refractivity contribution in [2.75, 3.05) is 0 Å². The number of carbonyl (C=O) groups is 4. The molecule has 0 N–H and O–H groups in total. The molecule has 0 bridgehead atoms. The molecule has 0 saturated heterocycles. The van der Waals surface area contributed by atoms with Gasteiger partial charge in [-0.15, -0.1) is 0 Å². The number of hydrogen-bond acceptors (Lipinski definition) is 4. The van der Waals surface area contributed by atoms with Gasteiger partial charge in [-0.2, -0.15) is 0 Å². The van der Waals surface area contributed by atoms with E-state index in [0.29, 0.717) is 37.4 Å². The number of hydrogen-bond donors (Lipinski definition) is 0. The number of Topliss-reactive ketones (excluding diaryl/α,β-unsaturated/α-hetero) is 4. The van der Waals surface area contributed by atoms with E-state index in [2.05, 4.69) is 40.7 Å². The summed E-state index contributed by atoms with van der Waals surface area (Å²) in [5.74, 6) is 1.12. The maximum Gasteiger partial charge on any atom is 0.163 e. The van der Waals surface area contributed by atoms with E-state index in [1.807, 2.05) is 6.92 Å². The van der Waals surface area contributed by atoms with Crippen LogP contribution >= 0.6 is 0 Å². The van der Waals surface area contributed by atoms with Gasteiger partial charge in [0.2, 0.25) is 0 Å². The second kappa shape index (κ2) is 14.7. The number of ketones is 4. The van der Waals surface area contributed by atoms with Crippen molar-refractivity contribution in [1.82, 2.24) is 0 Å². The third-order valence-corrected chi connectivity index (χ3v) is 8.33. The van der Waals surface area contributed by atoms with Crippen molar-refractivity contribution in [3.05, 3.63) is 33.9 Å². The van der Waals surface area contributed by atoms with Gasteiger partial charge in [0.25, 0.3) is 0 Å². The molecule has 1 aliphatic rings. The lowest BCUT2D eigenvalue weighted by Crippen LogP contribution is -2.30. The molecule has 0 radical (unpaired) electrons. The van der Waals surface area contributed by atoms with E-state index < -0.39 is 0 Å². The molecule has 0 aliphatic heterocycles. The summed E-state index contributed by atoms with van der Waals surface area (Å²) >= 11 is 0. The van der Waals surface area contributed by atoms with Crippen molar-refractivity contribution in [1.29, 1.82) is 0 Å². The third-order valence-electron chi connectivity index (χ3n) is 8.33. The van der Waals surface area contributed by atoms with Crippen LogP contribution in [0.4, 0.5) is 0 Å². The van der Waals surface area contributed by atoms with Gasteiger partial charge in [0.1, 0.15) is 17.3 Å². The molecular weight excluding hydrogens is 460 g/mol. The van der Waals surface area contributed by atoms with Crippen LogP contribution in [-0.4, -0.2) is 23.1 Å². The van der Waals surface area contributed by atoms with E-state index >= 15 is 0 Å². The Morgan fingerprint density at radius 1 is 1.03 bits per heavy atom. The lowest BCUT2D eigenvalue weighted by molar-refractivity contribution is -0.130. The number of fused-ring (bicyclic) bond motifs is 1. The topological polar surface area (TPSA) is 68.3 Å². The van der Waals surface area contributed by atoms with Crippen LogP contribution < -0.4 is 0 Å². The van der Waals surface area contributed by atoms with Crippen LogP contribution in [0.1, 0.15) is 144 Å². The Bertz CT molecular complexity index is 971. The van der Waals surface area contributed by atoms with Crippen molar-refractivity contribution >= 4 is 23.1 Å². The molecule has 0 saturated carbocycles. The van der Waals surface area contributed by atoms with E-state index in [4.69, 9.17) is 0 Å². The van der Waals surface area contributed by atoms with Crippen LogP contribution in [0.15, 0.2) is 6.07 Å². The van der Waals surface area contributed by atoms with Crippen LogP contribution in [0, 0.1) is 24.7 Å². The average molecular weight is 511 g/mol. The van der Waals surface area contributed by atoms with Gasteiger partial charge in [0.15, 0.2) is 5.78 Å². The summed E-state index contributed by atoms with van der Waals surface area (Å²) in [6, 6.07) is 2.26. The zero-order valence-electron chi connectivity index (χ0n) is 24.5. The van der Waals surface area contributed by atoms with E-state index in [-0.39, 0.29) is 41.5 Å². The van der Waals surface area contributed by atoms with Gasteiger partial charge >= 0.3 is 0 Å². The van der Waals surface area contributed by atoms with Crippen molar-refractivity contribution in [2.24, 2.45) is 17.8 Å². The zero-order valence-corrected chi connectivity index (χ0v) is 24.5. The SMILES string of the molecule is CCCCC(=O)CCc1cc(C(C)C)c2c(c1C)C(=O)CC(CC(CCC)C(CC)C(=O)CC(C)=O)C2. The molecule has 0 fully saturated rings. The quantitative estimate of drug-likeness (QED) is 0.212. The average Bonchev–Trinajstić information content (AvgIpc) is 2.81. The Labute approximate surface area is 225 Å². The highest BCUT2D eigenvalue weighted by molar-refractivity contribution is 6.01. The predicted octanol–water partition coefficient (Wildman–Crippen LogP) is 7.94. The van der Waals surface area contributed by atoms with Crippen LogP contribution in [0.25, 0.3) is 0 Å². The highest BCUT2D eigenvalue weighted by Gasteiger charge is 2.34. The maximum atomic E-state index is 13.6. The molecule has 1 aliphatic carbocycles. The van der Waals surface area contributed by atoms with Gasteiger partial charge in [-0.25, -0.2) is 0 Å². The Morgan fingerprint density at radius 2 is 1.73 bits per heavy atom. The molecule has 1 aromatic rings. The number of benzene rings is 1. The van der Waals surface area contributed by atoms with Gasteiger partial charge in [-0.1, -0.05) is 59.9 Å². The summed E-state index contributed by atoms with van der Waals surface area (Å²) in [6.45, 7) is 14.2. The van der Waals surface area contributed by atoms with Crippen molar-refractivity contribution in [2.45, 2.75) is 131 Å². The van der Waals surface area contributed by atoms with Crippen LogP contribution in [0.3, 0.4) is 0 Å². The van der Waals surface area contributed by atoms with Crippen molar-refractivity contribution in [3.63, 3.8) is 0 Å². The molecule has 1 aromatic carbocycles. The Hall–Kier alpha value is -2.10. The second-order valence-corrected chi connectivity index (χ2v) is 11.7. The summed E-state index contributed by atoms with van der Waals surface area (Å²) in [5.41, 5.74) is 5.52. The predicted molar refractivity (Wildman–Crippen MR) is 151 cm³/mol. The molecular formula is C33H50O4. The smallest absolute Gasteiger partial charge is 0.163 e. The normalized spacial score (nSPS) is 17.0. The molecule has 0 amide bonds. The first-order chi connectivity index (χ1) is 17.5. The van der Waals surface area contributed by atoms with Gasteiger partial charge in [0.05, 0.1) is 6.42 Å². The minimum atomic E-state index is -0.112. The summed E-state index contributed by atoms with van der Waals surface area (Å²) < 4.78 is 0. The number of carbonyl (C=O) groups excluding carboxylic acids is 4. The molecule has 206 valence electrons. The first kappa shape index (κ1) is 31.1. The summed E-state index contributed by atoms with van der Waals surface area (Å²) in [6.07, 6.45) is 8.78. The Morgan fingerprint density at radius 3 is 2.30 bits per heavy atom. The molecule has 4 heteroatoms. The molecule has 2 rings (SSSR count). The Balaban J connectivity index is 2.32. The first-order valence-corrected chi connectivity index (χ1v) is 14.8. The fourth-order valence-electron chi connectivity index (χ4n) is 6.43. The van der Waals surface area contributed by atoms with Crippen molar-refractivity contribution < 1.29 is 19.2 Å². The Kier molecular flexibility index (Phi) is 12.4. The van der Waals surface area contributed by atoms with Crippen LogP contribution in [0.5, 0.6) is 0 Å². The van der Waals surface area contributed by atoms with E-state index in [1.165, 1.54) is 18.1 Å². The fourth-order valence-corrected chi connectivity index (χ4v) is 6.43. The van der Waals surface area contributed by atoms with Crippen LogP contribution in [-0.2, 0) is 27.2 Å². The first-order valence-electron chi connectivity index (χ1n) is 14.8. The highest BCUT2D eigenvalue weighted by Crippen LogP contribution is 2.40. The van der Waals surface area contributed by atoms with E-state index in [0.717, 1.165) is 61.6 Å². The summed E-state index contributed by atoms with van der Waals surface area (Å²) in [4.78, 5) is 50.5. The highest BCUT2D eigenvalue weighted by atomic mass is 16.1. The number of unbranched alkanes of at least 4 members (excludes halogenated alkanes) is 1. The lowest BCUT2D eigenvalue weighted by Gasteiger charge is -2.33. The van der Waals surface area contributed by atoms with Crippen molar-refractivity contribution in [3.8, 4) is 0 Å². The molecule has 4 nitrogen and oxygen atoms in total. The molecule has 3 atom stereocenters. The molecule has 37 heavy (non-hydrogen) atoms. The van der Waals surface area contributed by atoms with Crippen LogP contribution in [0.2, 0.25) is 0 Å². The molecule has 0 spiro atoms. The standard InChI is InChI=1S/C33H50O4/c1-8-11-13-27(35)15-14-25-20-29(21(4)5)30-18-24(19-32(37)33(30)23(25)7)17-26(12-9-2)28(10-3)31(36)16-22(6)34/h20-21,24,26,28H,8-19H2,1-7H3. The van der Waals surface area contributed by atoms with Gasteiger partial charge in [-0.05, 0) is 86.0 Å². The molecule has 0 aromatic heterocycles. The van der Waals surface area contributed by atoms with Gasteiger partial charge in [0, 0.05) is 30.7 Å². The largest absolute Gasteiger partial charge is 0.300 e. The van der Waals surface area contributed by atoms with Gasteiger partial charge in [-0.3, -0.25) is 19.2 Å². The minimum absolute atomic E-state index is 0.0194. The summed E-state index contributed by atoms with van der Waals surface area (Å²) in [5, 5.41) is 0. The third kappa shape index (κ3) is 8.45. The van der Waals surface area contributed by atoms with E-state index in [9.17, 15) is 19.2 Å². The maximum absolute atomic E-state index is 13.6. The lowest BCUT2D eigenvalue weighted by atomic mass is 9.70. The minimum Gasteiger partial charge on any atom is -0.300 e. The zero-order chi connectivity index (χ0) is 27.7. The monoisotopic (exact) mass is 510 g/mol. The van der Waals surface area contributed by atoms with Gasteiger partial charge < -0.3 is 0 Å². The van der Waals surface area contributed by atoms with E-state index in [1.54, 1.807) is 0 Å². The molecule has 0 heterocycles. The summed E-state index contributed by atoms with van der Waals surface area (Å²) in [7, 11) is 0. The molecule has 3 unspecified atom stereocenters. The number of aryl methyl sites for hydroxylation is 1. The fraction of sp³-hybridized carbons (Fsp3) is 0.697. The number of rotatable bonds is 16. The second-order valence-electron chi connectivity index (χ2n) is 11.7.